The van der Waals surface area contributed by atoms with Crippen LogP contribution in [0.1, 0.15) is 179 Å². The van der Waals surface area contributed by atoms with Gasteiger partial charge in [-0.05, 0) is 251 Å². The minimum absolute atomic E-state index is 0.0611. The van der Waals surface area contributed by atoms with Gasteiger partial charge in [0.1, 0.15) is 0 Å². The Bertz CT molecular complexity index is 4930. The van der Waals surface area contributed by atoms with E-state index in [0.29, 0.717) is 18.1 Å². The first-order chi connectivity index (χ1) is 53.9. The smallest absolute Gasteiger partial charge is 0.328 e. The van der Waals surface area contributed by atoms with Gasteiger partial charge < -0.3 is 30.0 Å². The van der Waals surface area contributed by atoms with Crippen LogP contribution < -0.4 is 14.7 Å². The fourth-order valence-corrected chi connectivity index (χ4v) is 17.0. The molecule has 0 amide bonds. The zero-order valence-corrected chi connectivity index (χ0v) is 63.6. The summed E-state index contributed by atoms with van der Waals surface area (Å²) in [5.74, 6) is -0.608. The number of anilines is 3. The first-order valence-corrected chi connectivity index (χ1v) is 38.9. The molecule has 6 heterocycles. The normalized spacial score (nSPS) is 19.2. The second kappa shape index (κ2) is 31.3. The van der Waals surface area contributed by atoms with Crippen molar-refractivity contribution in [3.8, 4) is 33.4 Å². The highest BCUT2D eigenvalue weighted by Crippen LogP contribution is 2.49. The van der Waals surface area contributed by atoms with Crippen molar-refractivity contribution in [3.63, 3.8) is 0 Å². The number of rotatable bonds is 18. The Morgan fingerprint density at radius 3 is 0.784 bits per heavy atom. The maximum atomic E-state index is 11.0. The maximum Gasteiger partial charge on any atom is 0.328 e. The van der Waals surface area contributed by atoms with Crippen LogP contribution in [0.2, 0.25) is 0 Å². The summed E-state index contributed by atoms with van der Waals surface area (Å²) in [6.07, 6.45) is 31.1. The van der Waals surface area contributed by atoms with E-state index in [0.717, 1.165) is 70.4 Å². The second-order valence-electron chi connectivity index (χ2n) is 31.1. The highest BCUT2D eigenvalue weighted by molar-refractivity contribution is 5.86. The van der Waals surface area contributed by atoms with Crippen LogP contribution in [0.15, 0.2) is 256 Å². The average Bonchev–Trinajstić information content (AvgIpc) is 1.67. The first kappa shape index (κ1) is 72.8. The molecule has 6 atom stereocenters. The predicted octanol–water partition coefficient (Wildman–Crippen LogP) is 19.8. The number of aryl methyl sites for hydroxylation is 3. The molecule has 3 aliphatic carbocycles. The van der Waals surface area contributed by atoms with Gasteiger partial charge in [0.15, 0.2) is 0 Å². The van der Waals surface area contributed by atoms with Crippen molar-refractivity contribution in [3.05, 3.63) is 339 Å². The van der Waals surface area contributed by atoms with Gasteiger partial charge in [-0.3, -0.25) is 14.0 Å². The summed E-state index contributed by atoms with van der Waals surface area (Å²) in [6, 6.07) is 73.9. The number of carboxylic acids is 3. The fourth-order valence-electron chi connectivity index (χ4n) is 17.0. The van der Waals surface area contributed by atoms with Gasteiger partial charge in [-0.2, -0.15) is 15.3 Å². The zero-order valence-electron chi connectivity index (χ0n) is 63.6. The molecule has 3 saturated carbocycles. The van der Waals surface area contributed by atoms with Crippen molar-refractivity contribution in [2.24, 2.45) is 21.1 Å². The molecule has 558 valence electrons. The van der Waals surface area contributed by atoms with E-state index >= 15 is 0 Å². The molecule has 0 bridgehead atoms. The number of aliphatic carboxylic acids is 3. The molecule has 15 nitrogen and oxygen atoms in total. The number of benzene rings is 9. The number of nitrogens with zero attached hydrogens (tertiary/aromatic N) is 9. The van der Waals surface area contributed by atoms with Crippen molar-refractivity contribution in [2.75, 3.05) is 14.7 Å². The van der Waals surface area contributed by atoms with E-state index in [1.165, 1.54) is 157 Å². The van der Waals surface area contributed by atoms with E-state index in [1.807, 2.05) is 90.2 Å². The SMILES string of the molecule is CC1Cc2cc(-c3cnn(C)c3)ccc2C(c2ccc(/C=C/C(=O)O)cc2)N1c1ccc(C2CC2)cc1.C[C@@H]1Cc2cc(-c3cnn(C)c3)ccc2[C@@H](c2ccc(/C=C/C(=O)O)cc2)N1c1ccc(C2CC2)cc1.C[C@H]1Cc2cc(-c3cnn(C)c3)ccc2[C@H](c2ccc(/C=C/C(=O)O)cc2)N1c1ccc(C2CC2)cc1. The summed E-state index contributed by atoms with van der Waals surface area (Å²) in [7, 11) is 5.84. The number of carboxylic acid groups (broad SMARTS) is 3. The molecule has 12 aromatic rings. The van der Waals surface area contributed by atoms with Crippen molar-refractivity contribution >= 4 is 53.2 Å². The van der Waals surface area contributed by atoms with E-state index in [-0.39, 0.29) is 18.1 Å². The van der Waals surface area contributed by atoms with Crippen molar-refractivity contribution in [1.82, 2.24) is 29.3 Å². The van der Waals surface area contributed by atoms with E-state index in [2.05, 4.69) is 233 Å². The third-order valence-corrected chi connectivity index (χ3v) is 23.0. The third kappa shape index (κ3) is 16.4. The van der Waals surface area contributed by atoms with E-state index in [1.54, 1.807) is 18.2 Å². The molecule has 3 N–H and O–H groups in total. The van der Waals surface area contributed by atoms with Crippen molar-refractivity contribution < 1.29 is 29.7 Å². The highest BCUT2D eigenvalue weighted by Gasteiger charge is 2.38. The van der Waals surface area contributed by atoms with Crippen LogP contribution in [0.5, 0.6) is 0 Å². The number of aromatic nitrogens is 6. The van der Waals surface area contributed by atoms with Gasteiger partial charge in [-0.25, -0.2) is 14.4 Å². The molecular formula is C96H93N9O6. The Labute approximate surface area is 649 Å². The fraction of sp³-hybridized carbons (Fsp3) is 0.250. The molecule has 9 aromatic carbocycles. The number of fused-ring (bicyclic) bond motifs is 3. The molecule has 6 aliphatic rings. The molecule has 2 unspecified atom stereocenters. The quantitative estimate of drug-likeness (QED) is 0.0695. The van der Waals surface area contributed by atoms with Gasteiger partial charge >= 0.3 is 17.9 Å². The summed E-state index contributed by atoms with van der Waals surface area (Å²) in [5.41, 5.74) is 29.2. The third-order valence-electron chi connectivity index (χ3n) is 23.0. The minimum Gasteiger partial charge on any atom is -0.478 e. The Balaban J connectivity index is 0.000000126. The molecule has 0 spiro atoms. The summed E-state index contributed by atoms with van der Waals surface area (Å²) in [5, 5.41) is 40.1. The van der Waals surface area contributed by atoms with Crippen molar-refractivity contribution in [2.45, 2.75) is 133 Å². The predicted molar refractivity (Wildman–Crippen MR) is 443 cm³/mol. The molecule has 3 aliphatic heterocycles. The summed E-state index contributed by atoms with van der Waals surface area (Å²) in [4.78, 5) is 40.5. The van der Waals surface area contributed by atoms with Crippen LogP contribution in [0.3, 0.4) is 0 Å². The Morgan fingerprint density at radius 1 is 0.324 bits per heavy atom. The number of hydrogen-bond acceptors (Lipinski definition) is 9. The molecule has 0 radical (unpaired) electrons. The Hall–Kier alpha value is -12.4. The standard InChI is InChI=1S/3C32H31N3O2/c3*1-21-17-27-18-26(28-19-33-34(2)20-28)12-15-30(27)32(25-6-3-22(4-7-25)5-16-31(36)37)35(21)29-13-10-24(11-14-29)23-8-9-23/h3*3-7,10-16,18-21,23,32H,8-9,17H2,1-2H3,(H,36,37)/b3*16-5+/t2*21-,32-;/m10./s1. The van der Waals surface area contributed by atoms with Crippen LogP contribution in [0.25, 0.3) is 51.6 Å². The summed E-state index contributed by atoms with van der Waals surface area (Å²) >= 11 is 0. The van der Waals surface area contributed by atoms with Gasteiger partial charge in [0, 0.05) is 110 Å². The maximum absolute atomic E-state index is 11.0. The van der Waals surface area contributed by atoms with Gasteiger partial charge in [0.05, 0.1) is 36.7 Å². The van der Waals surface area contributed by atoms with Crippen LogP contribution in [0, 0.1) is 0 Å². The van der Waals surface area contributed by atoms with Crippen LogP contribution >= 0.6 is 0 Å². The molecule has 18 rings (SSSR count). The van der Waals surface area contributed by atoms with Crippen LogP contribution in [0.4, 0.5) is 17.1 Å². The van der Waals surface area contributed by atoms with E-state index in [9.17, 15) is 14.4 Å². The van der Waals surface area contributed by atoms with Gasteiger partial charge in [0.25, 0.3) is 0 Å². The molecule has 111 heavy (non-hydrogen) atoms. The molecule has 3 fully saturated rings. The largest absolute Gasteiger partial charge is 0.478 e. The lowest BCUT2D eigenvalue weighted by Gasteiger charge is -2.44. The minimum atomic E-state index is -0.940. The van der Waals surface area contributed by atoms with Crippen molar-refractivity contribution in [1.29, 1.82) is 0 Å². The number of carbonyl (C=O) groups is 3. The summed E-state index contributed by atoms with van der Waals surface area (Å²) < 4.78 is 5.52. The monoisotopic (exact) mass is 1470 g/mol. The highest BCUT2D eigenvalue weighted by atomic mass is 16.4. The summed E-state index contributed by atoms with van der Waals surface area (Å²) in [6.45, 7) is 6.93. The van der Waals surface area contributed by atoms with Crippen LogP contribution in [-0.4, -0.2) is 80.7 Å². The van der Waals surface area contributed by atoms with Crippen LogP contribution in [-0.2, 0) is 54.8 Å². The molecule has 3 aromatic heterocycles. The Kier molecular flexibility index (Phi) is 20.5. The Morgan fingerprint density at radius 2 is 0.568 bits per heavy atom. The number of hydrogen-bond donors (Lipinski definition) is 3. The zero-order chi connectivity index (χ0) is 76.6. The van der Waals surface area contributed by atoms with Gasteiger partial charge in [-0.15, -0.1) is 0 Å². The van der Waals surface area contributed by atoms with E-state index in [4.69, 9.17) is 15.3 Å². The van der Waals surface area contributed by atoms with Gasteiger partial charge in [0.2, 0.25) is 0 Å². The topological polar surface area (TPSA) is 175 Å². The lowest BCUT2D eigenvalue weighted by Crippen LogP contribution is -2.42. The lowest BCUT2D eigenvalue weighted by atomic mass is 9.83. The van der Waals surface area contributed by atoms with E-state index < -0.39 is 17.9 Å². The molecule has 0 saturated heterocycles. The average molecular weight is 1470 g/mol. The molecule has 15 heteroatoms. The lowest BCUT2D eigenvalue weighted by molar-refractivity contribution is -0.132. The second-order valence-corrected chi connectivity index (χ2v) is 31.1. The first-order valence-electron chi connectivity index (χ1n) is 38.9. The van der Waals surface area contributed by atoms with Gasteiger partial charge in [-0.1, -0.05) is 164 Å². The molecular weight excluding hydrogens is 1380 g/mol.